The lowest BCUT2D eigenvalue weighted by atomic mass is 9.94. The number of sulfonamides is 1. The summed E-state index contributed by atoms with van der Waals surface area (Å²) in [6.07, 6.45) is 1.04. The van der Waals surface area contributed by atoms with Gasteiger partial charge in [0.1, 0.15) is 5.54 Å². The molecule has 0 unspecified atom stereocenters. The van der Waals surface area contributed by atoms with Gasteiger partial charge in [0.2, 0.25) is 21.8 Å². The summed E-state index contributed by atoms with van der Waals surface area (Å²) in [6, 6.07) is 14.8. The zero-order valence-electron chi connectivity index (χ0n) is 17.8. The van der Waals surface area contributed by atoms with Gasteiger partial charge in [0.25, 0.3) is 0 Å². The molecule has 2 amide bonds. The third-order valence-corrected chi connectivity index (χ3v) is 7.08. The minimum Gasteiger partial charge on any atom is -0.350 e. The Morgan fingerprint density at radius 3 is 2.42 bits per heavy atom. The van der Waals surface area contributed by atoms with Crippen LogP contribution >= 0.6 is 11.6 Å². The van der Waals surface area contributed by atoms with Crippen molar-refractivity contribution in [3.8, 4) is 0 Å². The SMILES string of the molecule is Cc1ccc(CNC(=O)[C@]2(C)CN(S(C)(=O)=O)CC(=O)N2Cc2ccccc2Cl)cc1. The van der Waals surface area contributed by atoms with Crippen LogP contribution in [0.5, 0.6) is 0 Å². The van der Waals surface area contributed by atoms with Gasteiger partial charge in [-0.05, 0) is 31.0 Å². The van der Waals surface area contributed by atoms with E-state index in [9.17, 15) is 18.0 Å². The van der Waals surface area contributed by atoms with Crippen LogP contribution in [0.2, 0.25) is 5.02 Å². The third-order valence-electron chi connectivity index (χ3n) is 5.51. The normalized spacial score (nSPS) is 20.0. The van der Waals surface area contributed by atoms with E-state index >= 15 is 0 Å². The van der Waals surface area contributed by atoms with E-state index in [0.29, 0.717) is 10.6 Å². The first-order valence-corrected chi connectivity index (χ1v) is 12.1. The summed E-state index contributed by atoms with van der Waals surface area (Å²) in [5, 5.41) is 3.34. The molecule has 1 atom stereocenters. The maximum Gasteiger partial charge on any atom is 0.247 e. The number of nitrogens with one attached hydrogen (secondary N) is 1. The van der Waals surface area contributed by atoms with Crippen LogP contribution in [0.25, 0.3) is 0 Å². The van der Waals surface area contributed by atoms with Crippen LogP contribution in [0.4, 0.5) is 0 Å². The number of hydrogen-bond acceptors (Lipinski definition) is 4. The summed E-state index contributed by atoms with van der Waals surface area (Å²) < 4.78 is 25.4. The number of halogens is 1. The Morgan fingerprint density at radius 2 is 1.81 bits per heavy atom. The van der Waals surface area contributed by atoms with Gasteiger partial charge < -0.3 is 10.2 Å². The monoisotopic (exact) mass is 463 g/mol. The molecule has 166 valence electrons. The van der Waals surface area contributed by atoms with E-state index in [4.69, 9.17) is 11.6 Å². The van der Waals surface area contributed by atoms with Crippen molar-refractivity contribution >= 4 is 33.4 Å². The van der Waals surface area contributed by atoms with E-state index in [1.54, 1.807) is 31.2 Å². The molecule has 2 aromatic carbocycles. The first kappa shape index (κ1) is 23.2. The van der Waals surface area contributed by atoms with Gasteiger partial charge in [-0.2, -0.15) is 4.31 Å². The Balaban J connectivity index is 1.89. The van der Waals surface area contributed by atoms with Crippen LogP contribution in [0.1, 0.15) is 23.6 Å². The number of nitrogens with zero attached hydrogens (tertiary/aromatic N) is 2. The summed E-state index contributed by atoms with van der Waals surface area (Å²) in [5.41, 5.74) is 1.29. The first-order chi connectivity index (χ1) is 14.5. The molecule has 1 saturated heterocycles. The Kier molecular flexibility index (Phi) is 6.73. The number of piperazine rings is 1. The lowest BCUT2D eigenvalue weighted by molar-refractivity contribution is -0.153. The van der Waals surface area contributed by atoms with E-state index in [1.165, 1.54) is 4.90 Å². The second-order valence-electron chi connectivity index (χ2n) is 8.04. The summed E-state index contributed by atoms with van der Waals surface area (Å²) >= 11 is 6.27. The lowest BCUT2D eigenvalue weighted by Gasteiger charge is -2.46. The predicted octanol–water partition coefficient (Wildman–Crippen LogP) is 2.33. The van der Waals surface area contributed by atoms with Gasteiger partial charge in [0, 0.05) is 24.7 Å². The van der Waals surface area contributed by atoms with Crippen molar-refractivity contribution in [3.05, 3.63) is 70.2 Å². The van der Waals surface area contributed by atoms with E-state index in [1.807, 2.05) is 31.2 Å². The summed E-state index contributed by atoms with van der Waals surface area (Å²) in [6.45, 7) is 3.48. The molecule has 1 N–H and O–H groups in total. The molecule has 0 radical (unpaired) electrons. The van der Waals surface area contributed by atoms with Gasteiger partial charge in [0.15, 0.2) is 0 Å². The molecule has 0 bridgehead atoms. The highest BCUT2D eigenvalue weighted by atomic mass is 35.5. The smallest absolute Gasteiger partial charge is 0.247 e. The third kappa shape index (κ3) is 5.26. The number of rotatable bonds is 6. The predicted molar refractivity (Wildman–Crippen MR) is 120 cm³/mol. The maximum absolute atomic E-state index is 13.3. The average Bonchev–Trinajstić information content (AvgIpc) is 2.70. The summed E-state index contributed by atoms with van der Waals surface area (Å²) in [5.74, 6) is -0.883. The van der Waals surface area contributed by atoms with Crippen LogP contribution < -0.4 is 5.32 Å². The van der Waals surface area contributed by atoms with Crippen LogP contribution in [0.15, 0.2) is 48.5 Å². The fraction of sp³-hybridized carbons (Fsp3) is 0.364. The first-order valence-electron chi connectivity index (χ1n) is 9.83. The highest BCUT2D eigenvalue weighted by Gasteiger charge is 2.49. The molecule has 0 saturated carbocycles. The van der Waals surface area contributed by atoms with Crippen molar-refractivity contribution in [3.63, 3.8) is 0 Å². The fourth-order valence-electron chi connectivity index (χ4n) is 3.56. The molecular formula is C22H26ClN3O4S. The molecule has 9 heteroatoms. The van der Waals surface area contributed by atoms with E-state index in [2.05, 4.69) is 5.32 Å². The van der Waals surface area contributed by atoms with Crippen LogP contribution in [-0.2, 0) is 32.7 Å². The Hall–Kier alpha value is -2.42. The van der Waals surface area contributed by atoms with Crippen molar-refractivity contribution in [2.24, 2.45) is 0 Å². The van der Waals surface area contributed by atoms with Crippen molar-refractivity contribution in [1.82, 2.24) is 14.5 Å². The molecule has 1 aliphatic heterocycles. The Labute approximate surface area is 188 Å². The van der Waals surface area contributed by atoms with Gasteiger partial charge in [-0.25, -0.2) is 8.42 Å². The van der Waals surface area contributed by atoms with Crippen molar-refractivity contribution < 1.29 is 18.0 Å². The van der Waals surface area contributed by atoms with Crippen molar-refractivity contribution in [2.45, 2.75) is 32.5 Å². The number of carbonyl (C=O) groups is 2. The van der Waals surface area contributed by atoms with Gasteiger partial charge in [-0.15, -0.1) is 0 Å². The zero-order chi connectivity index (χ0) is 22.8. The zero-order valence-corrected chi connectivity index (χ0v) is 19.3. The van der Waals surface area contributed by atoms with Gasteiger partial charge in [-0.3, -0.25) is 9.59 Å². The number of carbonyl (C=O) groups excluding carboxylic acids is 2. The second kappa shape index (κ2) is 8.98. The number of benzene rings is 2. The highest BCUT2D eigenvalue weighted by molar-refractivity contribution is 7.88. The molecular weight excluding hydrogens is 438 g/mol. The van der Waals surface area contributed by atoms with Crippen LogP contribution in [-0.4, -0.2) is 54.3 Å². The molecule has 1 heterocycles. The lowest BCUT2D eigenvalue weighted by Crippen LogP contribution is -2.69. The van der Waals surface area contributed by atoms with Gasteiger partial charge >= 0.3 is 0 Å². The molecule has 0 aromatic heterocycles. The molecule has 0 aliphatic carbocycles. The topological polar surface area (TPSA) is 86.8 Å². The molecule has 1 aliphatic rings. The van der Waals surface area contributed by atoms with Crippen LogP contribution in [0, 0.1) is 6.92 Å². The van der Waals surface area contributed by atoms with Gasteiger partial charge in [-0.1, -0.05) is 59.6 Å². The largest absolute Gasteiger partial charge is 0.350 e. The Morgan fingerprint density at radius 1 is 1.16 bits per heavy atom. The van der Waals surface area contributed by atoms with E-state index in [-0.39, 0.29) is 26.2 Å². The summed E-state index contributed by atoms with van der Waals surface area (Å²) in [7, 11) is -3.66. The summed E-state index contributed by atoms with van der Waals surface area (Å²) in [4.78, 5) is 27.7. The maximum atomic E-state index is 13.3. The van der Waals surface area contributed by atoms with Crippen molar-refractivity contribution in [2.75, 3.05) is 19.3 Å². The van der Waals surface area contributed by atoms with E-state index in [0.717, 1.165) is 21.7 Å². The molecule has 7 nitrogen and oxygen atoms in total. The fourth-order valence-corrected chi connectivity index (χ4v) is 4.59. The van der Waals surface area contributed by atoms with E-state index < -0.39 is 27.4 Å². The number of aryl methyl sites for hydroxylation is 1. The second-order valence-corrected chi connectivity index (χ2v) is 10.4. The molecule has 31 heavy (non-hydrogen) atoms. The quantitative estimate of drug-likeness (QED) is 0.712. The van der Waals surface area contributed by atoms with Crippen LogP contribution in [0.3, 0.4) is 0 Å². The highest BCUT2D eigenvalue weighted by Crippen LogP contribution is 2.28. The number of amides is 2. The average molecular weight is 464 g/mol. The molecule has 2 aromatic rings. The number of hydrogen-bond donors (Lipinski definition) is 1. The standard InChI is InChI=1S/C22H26ClN3O4S/c1-16-8-10-17(11-9-16)12-24-21(28)22(2)15-25(31(3,29)30)14-20(27)26(22)13-18-6-4-5-7-19(18)23/h4-11H,12-15H2,1-3H3,(H,24,28)/t22-/m0/s1. The molecule has 3 rings (SSSR count). The van der Waals surface area contributed by atoms with Gasteiger partial charge in [0.05, 0.1) is 12.8 Å². The minimum atomic E-state index is -3.66. The Bertz CT molecular complexity index is 1090. The minimum absolute atomic E-state index is 0.102. The molecule has 1 fully saturated rings. The molecule has 0 spiro atoms. The van der Waals surface area contributed by atoms with Crippen molar-refractivity contribution in [1.29, 1.82) is 0 Å².